The number of ketones is 1. The average molecular weight is 438 g/mol. The SMILES string of the molecule is Cc1ccc(Cl)cc1N1C(=O)C(O)=C(C(=O)CCc2ccccc2)C1c1cccs1. The number of benzene rings is 2. The van der Waals surface area contributed by atoms with Crippen molar-refractivity contribution in [2.24, 2.45) is 0 Å². The van der Waals surface area contributed by atoms with E-state index in [9.17, 15) is 14.7 Å². The molecule has 1 amide bonds. The standard InChI is InChI=1S/C24H20ClNO3S/c1-15-9-11-17(25)14-18(15)26-22(20-8-5-13-30-20)21(23(28)24(26)29)19(27)12-10-16-6-3-2-4-7-16/h2-9,11,13-14,22,28H,10,12H2,1H3. The Labute approximate surface area is 184 Å². The van der Waals surface area contributed by atoms with Crippen LogP contribution in [0.15, 0.2) is 77.4 Å². The minimum absolute atomic E-state index is 0.151. The monoisotopic (exact) mass is 437 g/mol. The second-order valence-electron chi connectivity index (χ2n) is 7.19. The van der Waals surface area contributed by atoms with Crippen molar-refractivity contribution < 1.29 is 14.7 Å². The summed E-state index contributed by atoms with van der Waals surface area (Å²) in [5.41, 5.74) is 2.60. The number of hydrogen-bond donors (Lipinski definition) is 1. The van der Waals surface area contributed by atoms with Crippen LogP contribution in [0.3, 0.4) is 0 Å². The van der Waals surface area contributed by atoms with Gasteiger partial charge in [0.05, 0.1) is 5.57 Å². The van der Waals surface area contributed by atoms with Crippen molar-refractivity contribution in [2.45, 2.75) is 25.8 Å². The molecule has 0 saturated heterocycles. The highest BCUT2D eigenvalue weighted by atomic mass is 35.5. The summed E-state index contributed by atoms with van der Waals surface area (Å²) in [5.74, 6) is -1.29. The van der Waals surface area contributed by atoms with Crippen LogP contribution in [0.1, 0.15) is 28.5 Å². The van der Waals surface area contributed by atoms with Gasteiger partial charge in [0.1, 0.15) is 6.04 Å². The number of halogens is 1. The van der Waals surface area contributed by atoms with Gasteiger partial charge in [-0.15, -0.1) is 11.3 Å². The molecule has 0 radical (unpaired) electrons. The Morgan fingerprint density at radius 3 is 2.60 bits per heavy atom. The molecule has 4 rings (SSSR count). The van der Waals surface area contributed by atoms with Crippen LogP contribution in [0.4, 0.5) is 5.69 Å². The van der Waals surface area contributed by atoms with Crippen LogP contribution in [0.25, 0.3) is 0 Å². The Morgan fingerprint density at radius 2 is 1.90 bits per heavy atom. The molecule has 1 aliphatic heterocycles. The number of aliphatic hydroxyl groups is 1. The van der Waals surface area contributed by atoms with E-state index in [1.165, 1.54) is 16.2 Å². The molecule has 0 fully saturated rings. The van der Waals surface area contributed by atoms with E-state index >= 15 is 0 Å². The first-order valence-corrected chi connectivity index (χ1v) is 10.9. The van der Waals surface area contributed by atoms with Crippen LogP contribution in [0, 0.1) is 6.92 Å². The molecule has 2 aromatic carbocycles. The summed E-state index contributed by atoms with van der Waals surface area (Å²) < 4.78 is 0. The number of anilines is 1. The molecule has 4 nitrogen and oxygen atoms in total. The lowest BCUT2D eigenvalue weighted by atomic mass is 9.96. The number of rotatable bonds is 6. The third-order valence-corrected chi connectivity index (χ3v) is 6.40. The first-order valence-electron chi connectivity index (χ1n) is 9.60. The fourth-order valence-electron chi connectivity index (χ4n) is 3.73. The van der Waals surface area contributed by atoms with Gasteiger partial charge in [-0.25, -0.2) is 0 Å². The molecule has 1 aromatic heterocycles. The number of hydrogen-bond acceptors (Lipinski definition) is 4. The van der Waals surface area contributed by atoms with Gasteiger partial charge in [-0.1, -0.05) is 54.1 Å². The third-order valence-electron chi connectivity index (χ3n) is 5.24. The highest BCUT2D eigenvalue weighted by molar-refractivity contribution is 7.10. The fourth-order valence-corrected chi connectivity index (χ4v) is 4.72. The van der Waals surface area contributed by atoms with Crippen LogP contribution in [0.2, 0.25) is 5.02 Å². The fraction of sp³-hybridized carbons (Fsp3) is 0.167. The lowest BCUT2D eigenvalue weighted by Gasteiger charge is -2.27. The van der Waals surface area contributed by atoms with Crippen molar-refractivity contribution >= 4 is 40.3 Å². The summed E-state index contributed by atoms with van der Waals surface area (Å²) in [6.07, 6.45) is 0.749. The van der Waals surface area contributed by atoms with E-state index in [4.69, 9.17) is 11.6 Å². The zero-order valence-electron chi connectivity index (χ0n) is 16.3. The molecular weight excluding hydrogens is 418 g/mol. The number of Topliss-reactive ketones (excluding diaryl/α,β-unsaturated/α-hetero) is 1. The van der Waals surface area contributed by atoms with Gasteiger partial charge < -0.3 is 5.11 Å². The summed E-state index contributed by atoms with van der Waals surface area (Å²) in [5, 5.41) is 13.1. The summed E-state index contributed by atoms with van der Waals surface area (Å²) in [7, 11) is 0. The van der Waals surface area contributed by atoms with E-state index in [0.717, 1.165) is 16.0 Å². The summed E-state index contributed by atoms with van der Waals surface area (Å²) in [4.78, 5) is 28.6. The van der Waals surface area contributed by atoms with Crippen molar-refractivity contribution in [3.63, 3.8) is 0 Å². The van der Waals surface area contributed by atoms with Crippen molar-refractivity contribution in [3.8, 4) is 0 Å². The minimum atomic E-state index is -0.669. The maximum atomic E-state index is 13.2. The molecule has 0 aliphatic carbocycles. The second kappa shape index (κ2) is 8.46. The first kappa shape index (κ1) is 20.4. The maximum absolute atomic E-state index is 13.2. The van der Waals surface area contributed by atoms with Gasteiger partial charge in [-0.3, -0.25) is 14.5 Å². The first-order chi connectivity index (χ1) is 14.5. The van der Waals surface area contributed by atoms with E-state index in [1.807, 2.05) is 60.8 Å². The van der Waals surface area contributed by atoms with Crippen LogP contribution >= 0.6 is 22.9 Å². The molecule has 1 atom stereocenters. The lowest BCUT2D eigenvalue weighted by molar-refractivity contribution is -0.118. The van der Waals surface area contributed by atoms with Crippen LogP contribution in [0.5, 0.6) is 0 Å². The topological polar surface area (TPSA) is 57.6 Å². The number of aryl methyl sites for hydroxylation is 2. The van der Waals surface area contributed by atoms with Crippen molar-refractivity contribution in [2.75, 3.05) is 4.90 Å². The predicted molar refractivity (Wildman–Crippen MR) is 120 cm³/mol. The molecule has 3 aromatic rings. The van der Waals surface area contributed by atoms with E-state index in [-0.39, 0.29) is 17.8 Å². The summed E-state index contributed by atoms with van der Waals surface area (Å²) >= 11 is 7.63. The molecule has 0 bridgehead atoms. The smallest absolute Gasteiger partial charge is 0.294 e. The lowest BCUT2D eigenvalue weighted by Crippen LogP contribution is -2.31. The van der Waals surface area contributed by atoms with Crippen molar-refractivity contribution in [3.05, 3.63) is 98.4 Å². The van der Waals surface area contributed by atoms with Gasteiger partial charge in [0, 0.05) is 22.0 Å². The Balaban J connectivity index is 1.72. The zero-order chi connectivity index (χ0) is 21.3. The van der Waals surface area contributed by atoms with E-state index in [0.29, 0.717) is 17.1 Å². The van der Waals surface area contributed by atoms with Gasteiger partial charge in [0.2, 0.25) is 0 Å². The van der Waals surface area contributed by atoms with Gasteiger partial charge in [0.15, 0.2) is 11.5 Å². The molecule has 152 valence electrons. The van der Waals surface area contributed by atoms with E-state index in [1.54, 1.807) is 12.1 Å². The average Bonchev–Trinajstić information content (AvgIpc) is 3.36. The molecule has 2 heterocycles. The molecule has 30 heavy (non-hydrogen) atoms. The minimum Gasteiger partial charge on any atom is -0.503 e. The van der Waals surface area contributed by atoms with E-state index in [2.05, 4.69) is 0 Å². The Morgan fingerprint density at radius 1 is 1.13 bits per heavy atom. The molecular formula is C24H20ClNO3S. The highest BCUT2D eigenvalue weighted by Crippen LogP contribution is 2.44. The molecule has 0 saturated carbocycles. The van der Waals surface area contributed by atoms with Gasteiger partial charge >= 0.3 is 0 Å². The summed E-state index contributed by atoms with van der Waals surface area (Å²) in [6, 6.07) is 18.0. The van der Waals surface area contributed by atoms with Crippen molar-refractivity contribution in [1.82, 2.24) is 0 Å². The Bertz CT molecular complexity index is 1120. The Hall–Kier alpha value is -2.89. The number of amides is 1. The van der Waals surface area contributed by atoms with Gasteiger partial charge in [0.25, 0.3) is 5.91 Å². The molecule has 6 heteroatoms. The second-order valence-corrected chi connectivity index (χ2v) is 8.61. The molecule has 1 N–H and O–H groups in total. The van der Waals surface area contributed by atoms with E-state index < -0.39 is 17.7 Å². The Kier molecular flexibility index (Phi) is 5.75. The molecule has 1 aliphatic rings. The number of aliphatic hydroxyl groups excluding tert-OH is 1. The zero-order valence-corrected chi connectivity index (χ0v) is 17.9. The highest BCUT2D eigenvalue weighted by Gasteiger charge is 2.45. The molecule has 1 unspecified atom stereocenters. The van der Waals surface area contributed by atoms with Crippen LogP contribution in [-0.4, -0.2) is 16.8 Å². The van der Waals surface area contributed by atoms with Crippen LogP contribution < -0.4 is 4.90 Å². The quantitative estimate of drug-likeness (QED) is 0.529. The number of nitrogens with zero attached hydrogens (tertiary/aromatic N) is 1. The van der Waals surface area contributed by atoms with Crippen LogP contribution in [-0.2, 0) is 16.0 Å². The molecule has 0 spiro atoms. The van der Waals surface area contributed by atoms with Gasteiger partial charge in [-0.05, 0) is 48.1 Å². The number of thiophene rings is 1. The summed E-state index contributed by atoms with van der Waals surface area (Å²) in [6.45, 7) is 1.87. The van der Waals surface area contributed by atoms with Crippen molar-refractivity contribution in [1.29, 1.82) is 0 Å². The normalized spacial score (nSPS) is 16.4. The third kappa shape index (κ3) is 3.78. The predicted octanol–water partition coefficient (Wildman–Crippen LogP) is 5.81. The number of carbonyl (C=O) groups is 2. The largest absolute Gasteiger partial charge is 0.503 e. The maximum Gasteiger partial charge on any atom is 0.294 e. The number of carbonyl (C=O) groups excluding carboxylic acids is 2. The van der Waals surface area contributed by atoms with Gasteiger partial charge in [-0.2, -0.15) is 0 Å².